The predicted molar refractivity (Wildman–Crippen MR) is 57.0 cm³/mol. The second-order valence-corrected chi connectivity index (χ2v) is 4.54. The van der Waals surface area contributed by atoms with E-state index in [0.717, 1.165) is 24.1 Å². The first-order valence-corrected chi connectivity index (χ1v) is 5.58. The van der Waals surface area contributed by atoms with Gasteiger partial charge in [0.2, 0.25) is 0 Å². The molecule has 0 aromatic carbocycles. The van der Waals surface area contributed by atoms with Crippen LogP contribution in [0.15, 0.2) is 18.1 Å². The van der Waals surface area contributed by atoms with Gasteiger partial charge in [-0.2, -0.15) is 0 Å². The maximum Gasteiger partial charge on any atom is 0.162 e. The Balaban J connectivity index is 1.87. The number of imidazole rings is 1. The minimum Gasteiger partial charge on any atom is -0.345 e. The third-order valence-corrected chi connectivity index (χ3v) is 3.64. The van der Waals surface area contributed by atoms with Crippen LogP contribution in [0.1, 0.15) is 31.4 Å². The second kappa shape index (κ2) is 3.33. The molecule has 2 saturated carbocycles. The number of hydrogen-bond donors (Lipinski definition) is 1. The smallest absolute Gasteiger partial charge is 0.162 e. The van der Waals surface area contributed by atoms with Crippen molar-refractivity contribution in [2.45, 2.75) is 25.7 Å². The number of Topliss-reactive ketones (excluding diaryl/α,β-unsaturated/α-hetero) is 1. The van der Waals surface area contributed by atoms with Crippen LogP contribution < -0.4 is 0 Å². The van der Waals surface area contributed by atoms with Crippen LogP contribution in [-0.2, 0) is 4.79 Å². The van der Waals surface area contributed by atoms with E-state index in [1.54, 1.807) is 12.5 Å². The van der Waals surface area contributed by atoms with Crippen molar-refractivity contribution >= 4 is 11.9 Å². The van der Waals surface area contributed by atoms with Gasteiger partial charge in [-0.25, -0.2) is 4.98 Å². The molecule has 0 radical (unpaired) electrons. The van der Waals surface area contributed by atoms with E-state index < -0.39 is 0 Å². The molecule has 0 saturated heterocycles. The van der Waals surface area contributed by atoms with Crippen molar-refractivity contribution in [1.82, 2.24) is 9.97 Å². The number of carbonyl (C=O) groups is 1. The molecule has 78 valence electrons. The maximum absolute atomic E-state index is 12.0. The van der Waals surface area contributed by atoms with Gasteiger partial charge in [-0.15, -0.1) is 0 Å². The lowest BCUT2D eigenvalue weighted by Crippen LogP contribution is -2.08. The number of allylic oxidation sites excluding steroid dienone is 1. The van der Waals surface area contributed by atoms with Crippen molar-refractivity contribution in [1.29, 1.82) is 0 Å². The molecular formula is C12H14N2O. The van der Waals surface area contributed by atoms with E-state index in [4.69, 9.17) is 0 Å². The van der Waals surface area contributed by atoms with Gasteiger partial charge < -0.3 is 4.98 Å². The Morgan fingerprint density at radius 2 is 2.40 bits per heavy atom. The monoisotopic (exact) mass is 202 g/mol. The highest BCUT2D eigenvalue weighted by molar-refractivity contribution is 6.03. The molecule has 3 rings (SSSR count). The zero-order valence-electron chi connectivity index (χ0n) is 8.57. The van der Waals surface area contributed by atoms with Gasteiger partial charge in [-0.05, 0) is 36.8 Å². The molecule has 2 aliphatic rings. The second-order valence-electron chi connectivity index (χ2n) is 4.54. The van der Waals surface area contributed by atoms with E-state index in [0.29, 0.717) is 17.6 Å². The van der Waals surface area contributed by atoms with Crippen molar-refractivity contribution in [2.75, 3.05) is 0 Å². The van der Waals surface area contributed by atoms with Crippen molar-refractivity contribution < 1.29 is 4.79 Å². The first-order valence-electron chi connectivity index (χ1n) is 5.58. The largest absolute Gasteiger partial charge is 0.345 e. The van der Waals surface area contributed by atoms with E-state index >= 15 is 0 Å². The Bertz CT molecular complexity index is 405. The lowest BCUT2D eigenvalue weighted by molar-refractivity contribution is -0.118. The Labute approximate surface area is 88.6 Å². The van der Waals surface area contributed by atoms with Gasteiger partial charge in [0.15, 0.2) is 5.78 Å². The molecule has 3 heteroatoms. The van der Waals surface area contributed by atoms with Gasteiger partial charge in [0.05, 0.1) is 18.2 Å². The number of carbonyl (C=O) groups excluding carboxylic acids is 1. The van der Waals surface area contributed by atoms with E-state index in [2.05, 4.69) is 9.97 Å². The quantitative estimate of drug-likeness (QED) is 0.709. The average molecular weight is 202 g/mol. The zero-order valence-corrected chi connectivity index (χ0v) is 8.57. The highest BCUT2D eigenvalue weighted by atomic mass is 16.1. The molecule has 3 nitrogen and oxygen atoms in total. The minimum absolute atomic E-state index is 0.333. The van der Waals surface area contributed by atoms with Crippen LogP contribution in [0.25, 0.3) is 6.08 Å². The molecule has 1 N–H and O–H groups in total. The summed E-state index contributed by atoms with van der Waals surface area (Å²) in [5.74, 6) is 1.35. The summed E-state index contributed by atoms with van der Waals surface area (Å²) in [6.07, 6.45) is 9.91. The number of aromatic amines is 1. The number of ketones is 1. The number of fused-ring (bicyclic) bond motifs is 1. The fourth-order valence-electron chi connectivity index (χ4n) is 2.91. The first kappa shape index (κ1) is 8.89. The van der Waals surface area contributed by atoms with E-state index in [1.807, 2.05) is 6.08 Å². The Kier molecular flexibility index (Phi) is 1.97. The van der Waals surface area contributed by atoms with Gasteiger partial charge in [0, 0.05) is 5.92 Å². The van der Waals surface area contributed by atoms with Crippen molar-refractivity contribution in [3.8, 4) is 0 Å². The molecule has 2 aliphatic carbocycles. The highest BCUT2D eigenvalue weighted by Gasteiger charge is 2.40. The van der Waals surface area contributed by atoms with Gasteiger partial charge in [0.25, 0.3) is 0 Å². The lowest BCUT2D eigenvalue weighted by Gasteiger charge is -2.02. The van der Waals surface area contributed by atoms with Gasteiger partial charge in [-0.1, -0.05) is 6.42 Å². The number of nitrogens with zero attached hydrogens (tertiary/aromatic N) is 1. The molecule has 0 aliphatic heterocycles. The molecule has 15 heavy (non-hydrogen) atoms. The topological polar surface area (TPSA) is 45.8 Å². The van der Waals surface area contributed by atoms with Crippen LogP contribution in [0.2, 0.25) is 0 Å². The summed E-state index contributed by atoms with van der Waals surface area (Å²) in [5.41, 5.74) is 1.94. The molecule has 2 atom stereocenters. The minimum atomic E-state index is 0.333. The fourth-order valence-corrected chi connectivity index (χ4v) is 2.91. The number of aromatic nitrogens is 2. The summed E-state index contributed by atoms with van der Waals surface area (Å²) in [5, 5.41) is 0. The summed E-state index contributed by atoms with van der Waals surface area (Å²) >= 11 is 0. The van der Waals surface area contributed by atoms with Crippen LogP contribution in [0, 0.1) is 11.8 Å². The molecule has 1 heterocycles. The molecule has 0 amide bonds. The van der Waals surface area contributed by atoms with Gasteiger partial charge >= 0.3 is 0 Å². The molecule has 0 unspecified atom stereocenters. The highest BCUT2D eigenvalue weighted by Crippen LogP contribution is 2.44. The number of H-pyrrole nitrogens is 1. The summed E-state index contributed by atoms with van der Waals surface area (Å²) in [6.45, 7) is 0. The van der Waals surface area contributed by atoms with Crippen molar-refractivity contribution in [3.05, 3.63) is 23.8 Å². The van der Waals surface area contributed by atoms with Crippen LogP contribution >= 0.6 is 0 Å². The first-order chi connectivity index (χ1) is 7.34. The molecule has 1 aromatic heterocycles. The predicted octanol–water partition coefficient (Wildman–Crippen LogP) is 2.18. The normalized spacial score (nSPS) is 32.5. The standard InChI is InChI=1S/C12H14N2O/c15-12-9(5-10-6-13-7-14-10)4-8-2-1-3-11(8)12/h5-8,11H,1-4H2,(H,13,14)/b9-5-/t8-,11-/m1/s1. The van der Waals surface area contributed by atoms with Crippen molar-refractivity contribution in [3.63, 3.8) is 0 Å². The lowest BCUT2D eigenvalue weighted by atomic mass is 10.0. The maximum atomic E-state index is 12.0. The SMILES string of the molecule is O=C1/C(=C\c2cnc[nH]2)C[C@H]2CCC[C@@H]12. The Morgan fingerprint density at radius 1 is 1.47 bits per heavy atom. The van der Waals surface area contributed by atoms with Crippen LogP contribution in [0.5, 0.6) is 0 Å². The van der Waals surface area contributed by atoms with Crippen LogP contribution in [0.3, 0.4) is 0 Å². The number of rotatable bonds is 1. The summed E-state index contributed by atoms with van der Waals surface area (Å²) in [7, 11) is 0. The number of hydrogen-bond acceptors (Lipinski definition) is 2. The number of nitrogens with one attached hydrogen (secondary N) is 1. The van der Waals surface area contributed by atoms with E-state index in [9.17, 15) is 4.79 Å². The third kappa shape index (κ3) is 1.42. The molecule has 1 aromatic rings. The fraction of sp³-hybridized carbons (Fsp3) is 0.500. The Morgan fingerprint density at radius 3 is 3.13 bits per heavy atom. The summed E-state index contributed by atoms with van der Waals surface area (Å²) in [6, 6.07) is 0. The van der Waals surface area contributed by atoms with Crippen LogP contribution in [0.4, 0.5) is 0 Å². The summed E-state index contributed by atoms with van der Waals surface area (Å²) < 4.78 is 0. The molecule has 0 bridgehead atoms. The Hall–Kier alpha value is -1.38. The van der Waals surface area contributed by atoms with Crippen molar-refractivity contribution in [2.24, 2.45) is 11.8 Å². The molecule has 0 spiro atoms. The van der Waals surface area contributed by atoms with Gasteiger partial charge in [-0.3, -0.25) is 4.79 Å². The average Bonchev–Trinajstić information content (AvgIpc) is 2.89. The third-order valence-electron chi connectivity index (χ3n) is 3.64. The van der Waals surface area contributed by atoms with Crippen LogP contribution in [-0.4, -0.2) is 15.8 Å². The van der Waals surface area contributed by atoms with E-state index in [-0.39, 0.29) is 0 Å². The molecular weight excluding hydrogens is 188 g/mol. The molecule has 2 fully saturated rings. The van der Waals surface area contributed by atoms with E-state index in [1.165, 1.54) is 12.8 Å². The summed E-state index contributed by atoms with van der Waals surface area (Å²) in [4.78, 5) is 19.0. The zero-order chi connectivity index (χ0) is 10.3. The van der Waals surface area contributed by atoms with Gasteiger partial charge in [0.1, 0.15) is 0 Å².